The van der Waals surface area contributed by atoms with Gasteiger partial charge in [-0.1, -0.05) is 24.7 Å². The standard InChI is InChI=1S/C10H18FN3O2S/c1-6-10(4,5)8-12-13-9(17(11,15)16)14(8)7(2)3/h7H,6H2,1-5H3. The maximum atomic E-state index is 13.1. The number of rotatable bonds is 4. The summed E-state index contributed by atoms with van der Waals surface area (Å²) < 4.78 is 36.4. The second-order valence-corrected chi connectivity index (χ2v) is 6.19. The first-order chi connectivity index (χ1) is 7.61. The van der Waals surface area contributed by atoms with Crippen LogP contribution in [0.3, 0.4) is 0 Å². The summed E-state index contributed by atoms with van der Waals surface area (Å²) in [6.07, 6.45) is 0.754. The summed E-state index contributed by atoms with van der Waals surface area (Å²) in [4.78, 5) is 0. The maximum Gasteiger partial charge on any atom is 0.368 e. The zero-order valence-corrected chi connectivity index (χ0v) is 11.5. The molecule has 0 aliphatic carbocycles. The van der Waals surface area contributed by atoms with Crippen LogP contribution in [0.1, 0.15) is 52.9 Å². The fourth-order valence-corrected chi connectivity index (χ4v) is 2.20. The van der Waals surface area contributed by atoms with Crippen molar-refractivity contribution in [2.45, 2.75) is 57.7 Å². The van der Waals surface area contributed by atoms with Crippen LogP contribution in [0.2, 0.25) is 0 Å². The highest BCUT2D eigenvalue weighted by Crippen LogP contribution is 2.29. The Balaban J connectivity index is 3.52. The van der Waals surface area contributed by atoms with Gasteiger partial charge in [0.2, 0.25) is 0 Å². The molecule has 0 aromatic carbocycles. The molecule has 0 radical (unpaired) electrons. The molecule has 1 aromatic heterocycles. The van der Waals surface area contributed by atoms with E-state index in [0.717, 1.165) is 6.42 Å². The Morgan fingerprint density at radius 1 is 1.35 bits per heavy atom. The minimum absolute atomic E-state index is 0.216. The lowest BCUT2D eigenvalue weighted by Crippen LogP contribution is -2.24. The van der Waals surface area contributed by atoms with Crippen LogP contribution in [-0.2, 0) is 15.6 Å². The minimum atomic E-state index is -4.84. The first kappa shape index (κ1) is 14.1. The molecule has 0 spiro atoms. The molecule has 1 rings (SSSR count). The fourth-order valence-electron chi connectivity index (χ4n) is 1.53. The van der Waals surface area contributed by atoms with Gasteiger partial charge in [0.25, 0.3) is 5.16 Å². The lowest BCUT2D eigenvalue weighted by atomic mass is 9.89. The van der Waals surface area contributed by atoms with Gasteiger partial charge in [-0.05, 0) is 20.3 Å². The van der Waals surface area contributed by atoms with Crippen molar-refractivity contribution in [3.63, 3.8) is 0 Å². The molecule has 1 heterocycles. The molecule has 0 fully saturated rings. The van der Waals surface area contributed by atoms with Crippen LogP contribution in [0.5, 0.6) is 0 Å². The number of hydrogen-bond acceptors (Lipinski definition) is 4. The van der Waals surface area contributed by atoms with Crippen molar-refractivity contribution in [3.8, 4) is 0 Å². The van der Waals surface area contributed by atoms with Crippen molar-refractivity contribution < 1.29 is 12.3 Å². The highest BCUT2D eigenvalue weighted by molar-refractivity contribution is 7.86. The van der Waals surface area contributed by atoms with E-state index >= 15 is 0 Å². The molecule has 0 aliphatic heterocycles. The Morgan fingerprint density at radius 3 is 2.24 bits per heavy atom. The van der Waals surface area contributed by atoms with Gasteiger partial charge in [-0.3, -0.25) is 4.57 Å². The maximum absolute atomic E-state index is 13.1. The average molecular weight is 263 g/mol. The molecule has 0 aliphatic rings. The van der Waals surface area contributed by atoms with Gasteiger partial charge in [0.05, 0.1) is 0 Å². The van der Waals surface area contributed by atoms with E-state index in [9.17, 15) is 12.3 Å². The molecule has 1 aromatic rings. The van der Waals surface area contributed by atoms with Gasteiger partial charge >= 0.3 is 10.2 Å². The normalized spacial score (nSPS) is 13.4. The van der Waals surface area contributed by atoms with Crippen molar-refractivity contribution in [2.24, 2.45) is 0 Å². The fraction of sp³-hybridized carbons (Fsp3) is 0.800. The monoisotopic (exact) mass is 263 g/mol. The van der Waals surface area contributed by atoms with Crippen molar-refractivity contribution in [3.05, 3.63) is 5.82 Å². The Morgan fingerprint density at radius 2 is 1.88 bits per heavy atom. The zero-order valence-electron chi connectivity index (χ0n) is 10.7. The van der Waals surface area contributed by atoms with E-state index in [1.807, 2.05) is 20.8 Å². The molecule has 0 amide bonds. The second-order valence-electron chi connectivity index (χ2n) is 4.95. The predicted molar refractivity (Wildman–Crippen MR) is 62.0 cm³/mol. The lowest BCUT2D eigenvalue weighted by molar-refractivity contribution is 0.407. The Kier molecular flexibility index (Phi) is 3.61. The van der Waals surface area contributed by atoms with Crippen LogP contribution in [-0.4, -0.2) is 23.2 Å². The molecule has 0 saturated carbocycles. The van der Waals surface area contributed by atoms with Crippen molar-refractivity contribution in [1.82, 2.24) is 14.8 Å². The average Bonchev–Trinajstić information content (AvgIpc) is 2.61. The molecule has 0 saturated heterocycles. The van der Waals surface area contributed by atoms with Crippen LogP contribution in [0.15, 0.2) is 5.16 Å². The van der Waals surface area contributed by atoms with Crippen LogP contribution in [0.4, 0.5) is 3.89 Å². The van der Waals surface area contributed by atoms with Crippen LogP contribution in [0, 0.1) is 0 Å². The van der Waals surface area contributed by atoms with Crippen molar-refractivity contribution >= 4 is 10.2 Å². The van der Waals surface area contributed by atoms with E-state index in [0.29, 0.717) is 5.82 Å². The smallest absolute Gasteiger partial charge is 0.297 e. The van der Waals surface area contributed by atoms with Gasteiger partial charge in [-0.15, -0.1) is 10.2 Å². The molecule has 17 heavy (non-hydrogen) atoms. The van der Waals surface area contributed by atoms with Gasteiger partial charge in [0, 0.05) is 11.5 Å². The van der Waals surface area contributed by atoms with E-state index in [1.165, 1.54) is 4.57 Å². The number of aromatic nitrogens is 3. The van der Waals surface area contributed by atoms with E-state index in [4.69, 9.17) is 0 Å². The molecule has 5 nitrogen and oxygen atoms in total. The zero-order chi connectivity index (χ0) is 13.4. The van der Waals surface area contributed by atoms with Gasteiger partial charge in [0.1, 0.15) is 5.82 Å². The summed E-state index contributed by atoms with van der Waals surface area (Å²) in [7, 11) is -4.84. The molecule has 0 unspecified atom stereocenters. The largest absolute Gasteiger partial charge is 0.368 e. The quantitative estimate of drug-likeness (QED) is 0.781. The number of hydrogen-bond donors (Lipinski definition) is 0. The molecular weight excluding hydrogens is 245 g/mol. The Hall–Kier alpha value is -0.980. The number of halogens is 1. The summed E-state index contributed by atoms with van der Waals surface area (Å²) in [6, 6.07) is -0.216. The first-order valence-corrected chi connectivity index (χ1v) is 6.89. The van der Waals surface area contributed by atoms with Gasteiger partial charge in [0.15, 0.2) is 0 Å². The first-order valence-electron chi connectivity index (χ1n) is 5.51. The highest BCUT2D eigenvalue weighted by atomic mass is 32.3. The van der Waals surface area contributed by atoms with E-state index in [-0.39, 0.29) is 11.5 Å². The Bertz CT molecular complexity index is 506. The van der Waals surface area contributed by atoms with Gasteiger partial charge < -0.3 is 0 Å². The van der Waals surface area contributed by atoms with Crippen molar-refractivity contribution in [1.29, 1.82) is 0 Å². The van der Waals surface area contributed by atoms with Crippen LogP contribution in [0.25, 0.3) is 0 Å². The summed E-state index contributed by atoms with van der Waals surface area (Å²) in [5, 5.41) is 6.71. The van der Waals surface area contributed by atoms with Crippen LogP contribution < -0.4 is 0 Å². The third kappa shape index (κ3) is 2.65. The van der Waals surface area contributed by atoms with E-state index in [1.54, 1.807) is 13.8 Å². The molecule has 98 valence electrons. The summed E-state index contributed by atoms with van der Waals surface area (Å²) in [5.41, 5.74) is -0.347. The summed E-state index contributed by atoms with van der Waals surface area (Å²) >= 11 is 0. The van der Waals surface area contributed by atoms with E-state index < -0.39 is 15.4 Å². The molecular formula is C10H18FN3O2S. The summed E-state index contributed by atoms with van der Waals surface area (Å²) in [6.45, 7) is 9.35. The predicted octanol–water partition coefficient (Wildman–Crippen LogP) is 2.20. The minimum Gasteiger partial charge on any atom is -0.297 e. The Labute approximate surface area is 101 Å². The molecule has 0 N–H and O–H groups in total. The third-order valence-corrected chi connectivity index (χ3v) is 3.60. The number of nitrogens with zero attached hydrogens (tertiary/aromatic N) is 3. The topological polar surface area (TPSA) is 64.8 Å². The van der Waals surface area contributed by atoms with E-state index in [2.05, 4.69) is 10.2 Å². The summed E-state index contributed by atoms with van der Waals surface area (Å²) in [5.74, 6) is 0.492. The molecule has 0 bridgehead atoms. The SMILES string of the molecule is CCC(C)(C)c1nnc(S(=O)(=O)F)n1C(C)C. The van der Waals surface area contributed by atoms with Crippen molar-refractivity contribution in [2.75, 3.05) is 0 Å². The molecule has 0 atom stereocenters. The lowest BCUT2D eigenvalue weighted by Gasteiger charge is -2.24. The van der Waals surface area contributed by atoms with Crippen LogP contribution >= 0.6 is 0 Å². The molecule has 7 heteroatoms. The highest BCUT2D eigenvalue weighted by Gasteiger charge is 2.32. The third-order valence-electron chi connectivity index (χ3n) is 2.89. The second kappa shape index (κ2) is 4.36. The van der Waals surface area contributed by atoms with Gasteiger partial charge in [-0.25, -0.2) is 0 Å². The van der Waals surface area contributed by atoms with Gasteiger partial charge in [-0.2, -0.15) is 8.42 Å².